The van der Waals surface area contributed by atoms with Crippen LogP contribution in [0.1, 0.15) is 28.7 Å². The highest BCUT2D eigenvalue weighted by molar-refractivity contribution is 4.52. The van der Waals surface area contributed by atoms with Crippen LogP contribution in [-0.4, -0.2) is 62.3 Å². The summed E-state index contributed by atoms with van der Waals surface area (Å²) in [6.07, 6.45) is 0. The second-order valence-electron chi connectivity index (χ2n) is 3.52. The summed E-state index contributed by atoms with van der Waals surface area (Å²) in [6.45, 7) is 8.72. The molecule has 0 aromatic heterocycles. The van der Waals surface area contributed by atoms with E-state index >= 15 is 0 Å². The van der Waals surface area contributed by atoms with Crippen molar-refractivity contribution in [2.75, 3.05) is 47.6 Å². The van der Waals surface area contributed by atoms with E-state index in [0.29, 0.717) is 0 Å². The zero-order valence-corrected chi connectivity index (χ0v) is 9.17. The van der Waals surface area contributed by atoms with Gasteiger partial charge in [-0.25, -0.2) is 0 Å². The Morgan fingerprint density at radius 3 is 1.57 bits per heavy atom. The van der Waals surface area contributed by atoms with Gasteiger partial charge in [0.2, 0.25) is 0 Å². The van der Waals surface area contributed by atoms with Crippen molar-refractivity contribution in [3.05, 3.63) is 0 Å². The van der Waals surface area contributed by atoms with Gasteiger partial charge in [-0.2, -0.15) is 0 Å². The van der Waals surface area contributed by atoms with Gasteiger partial charge in [-0.15, -0.1) is 0 Å². The van der Waals surface area contributed by atoms with E-state index in [2.05, 4.69) is 49.7 Å². The molecule has 0 saturated carbocycles. The van der Waals surface area contributed by atoms with Gasteiger partial charge in [0.25, 0.3) is 0 Å². The molecule has 0 saturated heterocycles. The molecule has 0 unspecified atom stereocenters. The smallest absolute Gasteiger partial charge is 0.0515 e. The molecule has 0 aromatic rings. The molecule has 0 heterocycles. The van der Waals surface area contributed by atoms with Crippen LogP contribution in [0.5, 0.6) is 0 Å². The number of rotatable bonds is 6. The fourth-order valence-electron chi connectivity index (χ4n) is 1.09. The lowest BCUT2D eigenvalue weighted by atomic mass is 10.5. The molecule has 0 spiro atoms. The third-order valence-electron chi connectivity index (χ3n) is 1.91. The quantitative estimate of drug-likeness (QED) is 0.614. The van der Waals surface area contributed by atoms with Crippen LogP contribution in [-0.2, 0) is 0 Å². The van der Waals surface area contributed by atoms with Gasteiger partial charge in [-0.05, 0) is 34.2 Å². The zero-order chi connectivity index (χ0) is 9.56. The molecule has 0 radical (unpaired) electrons. The first-order valence-electron chi connectivity index (χ1n) is 4.65. The average molecular weight is 205 g/mol. The van der Waals surface area contributed by atoms with Crippen LogP contribution in [0, 0.1) is 0 Å². The average Bonchev–Trinajstić information content (AvgIpc) is 2.02. The maximum Gasteiger partial charge on any atom is 0.0515 e. The standard InChI is InChI=1S/C9H23N3.2CH4/c1-6-11(5)9-12(7-2)8-10(3)4;;/h6-9H2,1-5H3;2*1H4. The van der Waals surface area contributed by atoms with Crippen LogP contribution in [0.2, 0.25) is 0 Å². The summed E-state index contributed by atoms with van der Waals surface area (Å²) in [7, 11) is 6.36. The van der Waals surface area contributed by atoms with Gasteiger partial charge in [-0.1, -0.05) is 28.7 Å². The van der Waals surface area contributed by atoms with Crippen molar-refractivity contribution in [2.45, 2.75) is 28.7 Å². The van der Waals surface area contributed by atoms with Crippen LogP contribution < -0.4 is 0 Å². The molecule has 0 amide bonds. The Hall–Kier alpha value is -0.120. The summed E-state index contributed by atoms with van der Waals surface area (Å²) >= 11 is 0. The molecule has 0 aliphatic heterocycles. The molecule has 90 valence electrons. The third-order valence-corrected chi connectivity index (χ3v) is 1.91. The first-order valence-corrected chi connectivity index (χ1v) is 4.65. The molecule has 14 heavy (non-hydrogen) atoms. The van der Waals surface area contributed by atoms with E-state index < -0.39 is 0 Å². The number of hydrogen-bond acceptors (Lipinski definition) is 3. The van der Waals surface area contributed by atoms with E-state index in [1.165, 1.54) is 0 Å². The van der Waals surface area contributed by atoms with Crippen molar-refractivity contribution >= 4 is 0 Å². The lowest BCUT2D eigenvalue weighted by molar-refractivity contribution is 0.114. The molecule has 0 aliphatic rings. The second-order valence-corrected chi connectivity index (χ2v) is 3.52. The molecule has 0 aromatic carbocycles. The van der Waals surface area contributed by atoms with E-state index in [9.17, 15) is 0 Å². The Bertz CT molecular complexity index is 105. The Morgan fingerprint density at radius 1 is 0.786 bits per heavy atom. The number of nitrogens with zero attached hydrogens (tertiary/aromatic N) is 3. The Balaban J connectivity index is -0.000000605. The predicted octanol–water partition coefficient (Wildman–Crippen LogP) is 2.01. The van der Waals surface area contributed by atoms with E-state index in [0.717, 1.165) is 26.4 Å². The summed E-state index contributed by atoms with van der Waals surface area (Å²) < 4.78 is 0. The molecular formula is C11H31N3. The first-order chi connectivity index (χ1) is 5.60. The lowest BCUT2D eigenvalue weighted by Crippen LogP contribution is -2.40. The Morgan fingerprint density at radius 2 is 1.29 bits per heavy atom. The van der Waals surface area contributed by atoms with E-state index in [-0.39, 0.29) is 14.9 Å². The summed E-state index contributed by atoms with van der Waals surface area (Å²) in [5, 5.41) is 0. The van der Waals surface area contributed by atoms with Gasteiger partial charge in [0.05, 0.1) is 13.3 Å². The van der Waals surface area contributed by atoms with Crippen LogP contribution >= 0.6 is 0 Å². The highest BCUT2D eigenvalue weighted by Crippen LogP contribution is 1.92. The molecule has 0 rings (SSSR count). The van der Waals surface area contributed by atoms with Crippen LogP contribution in [0.4, 0.5) is 0 Å². The normalized spacial score (nSPS) is 10.3. The highest BCUT2D eigenvalue weighted by atomic mass is 15.4. The molecule has 3 heteroatoms. The molecule has 0 atom stereocenters. The fraction of sp³-hybridized carbons (Fsp3) is 1.00. The van der Waals surface area contributed by atoms with Gasteiger partial charge in [0.1, 0.15) is 0 Å². The van der Waals surface area contributed by atoms with Crippen molar-refractivity contribution < 1.29 is 0 Å². The maximum atomic E-state index is 2.41. The van der Waals surface area contributed by atoms with E-state index in [1.807, 2.05) is 0 Å². The Kier molecular flexibility index (Phi) is 15.2. The molecule has 0 N–H and O–H groups in total. The van der Waals surface area contributed by atoms with Crippen molar-refractivity contribution in [3.8, 4) is 0 Å². The largest absolute Gasteiger partial charge is 0.297 e. The van der Waals surface area contributed by atoms with Crippen molar-refractivity contribution in [1.29, 1.82) is 0 Å². The monoisotopic (exact) mass is 205 g/mol. The molecule has 0 bridgehead atoms. The second kappa shape index (κ2) is 11.0. The lowest BCUT2D eigenvalue weighted by Gasteiger charge is -2.28. The zero-order valence-electron chi connectivity index (χ0n) is 9.17. The SMILES string of the molecule is C.C.CCN(C)CN(CC)CN(C)C. The van der Waals surface area contributed by atoms with Crippen LogP contribution in [0.15, 0.2) is 0 Å². The fourth-order valence-corrected chi connectivity index (χ4v) is 1.09. The highest BCUT2D eigenvalue weighted by Gasteiger charge is 2.04. The van der Waals surface area contributed by atoms with Gasteiger partial charge < -0.3 is 0 Å². The topological polar surface area (TPSA) is 9.72 Å². The van der Waals surface area contributed by atoms with Gasteiger partial charge >= 0.3 is 0 Å². The molecular weight excluding hydrogens is 174 g/mol. The predicted molar refractivity (Wildman–Crippen MR) is 67.6 cm³/mol. The maximum absolute atomic E-state index is 2.41. The van der Waals surface area contributed by atoms with Crippen LogP contribution in [0.3, 0.4) is 0 Å². The van der Waals surface area contributed by atoms with Crippen molar-refractivity contribution in [2.24, 2.45) is 0 Å². The molecule has 0 fully saturated rings. The van der Waals surface area contributed by atoms with E-state index in [1.54, 1.807) is 0 Å². The van der Waals surface area contributed by atoms with Crippen LogP contribution in [0.25, 0.3) is 0 Å². The number of hydrogen-bond donors (Lipinski definition) is 0. The first kappa shape index (κ1) is 19.5. The summed E-state index contributed by atoms with van der Waals surface area (Å²) in [5.41, 5.74) is 0. The molecule has 0 aliphatic carbocycles. The van der Waals surface area contributed by atoms with E-state index in [4.69, 9.17) is 0 Å². The minimum absolute atomic E-state index is 0. The summed E-state index contributed by atoms with van der Waals surface area (Å²) in [6, 6.07) is 0. The van der Waals surface area contributed by atoms with Crippen molar-refractivity contribution in [1.82, 2.24) is 14.7 Å². The van der Waals surface area contributed by atoms with Gasteiger partial charge in [0.15, 0.2) is 0 Å². The minimum atomic E-state index is 0. The third kappa shape index (κ3) is 9.96. The molecule has 3 nitrogen and oxygen atoms in total. The summed E-state index contributed by atoms with van der Waals surface area (Å²) in [4.78, 5) is 6.92. The van der Waals surface area contributed by atoms with Gasteiger partial charge in [0, 0.05) is 0 Å². The van der Waals surface area contributed by atoms with Gasteiger partial charge in [-0.3, -0.25) is 14.7 Å². The summed E-state index contributed by atoms with van der Waals surface area (Å²) in [5.74, 6) is 0. The Labute approximate surface area is 91.7 Å². The van der Waals surface area contributed by atoms with Crippen molar-refractivity contribution in [3.63, 3.8) is 0 Å². The minimum Gasteiger partial charge on any atom is -0.297 e.